The lowest BCUT2D eigenvalue weighted by Crippen LogP contribution is -2.17. The van der Waals surface area contributed by atoms with Crippen molar-refractivity contribution in [2.24, 2.45) is 0 Å². The van der Waals surface area contributed by atoms with E-state index in [4.69, 9.17) is 14.2 Å². The molecule has 1 aromatic heterocycles. The van der Waals surface area contributed by atoms with E-state index < -0.39 is 5.97 Å². The number of carbonyl (C=O) groups excluding carboxylic acids is 2. The lowest BCUT2D eigenvalue weighted by molar-refractivity contribution is 0.0473. The lowest BCUT2D eigenvalue weighted by Gasteiger charge is -2.12. The van der Waals surface area contributed by atoms with Crippen LogP contribution in [0.4, 0.5) is 0 Å². The normalized spacial score (nSPS) is 12.2. The number of ketones is 1. The van der Waals surface area contributed by atoms with Crippen molar-refractivity contribution in [1.82, 2.24) is 4.57 Å². The van der Waals surface area contributed by atoms with E-state index in [1.807, 2.05) is 71.0 Å². The van der Waals surface area contributed by atoms with Crippen LogP contribution in [0, 0.1) is 34.6 Å². The Bertz CT molecular complexity index is 1200. The van der Waals surface area contributed by atoms with Crippen LogP contribution in [0.5, 0.6) is 11.5 Å². The Hall–Kier alpha value is -3.54. The number of nitrogens with zero attached hydrogens (tertiary/aromatic N) is 1. The molecule has 2 aromatic carbocycles. The molecule has 2 heterocycles. The number of hydrogen-bond acceptors (Lipinski definition) is 5. The van der Waals surface area contributed by atoms with Gasteiger partial charge in [-0.25, -0.2) is 4.79 Å². The lowest BCUT2D eigenvalue weighted by atomic mass is 10.00. The third-order valence-electron chi connectivity index (χ3n) is 5.87. The fourth-order valence-electron chi connectivity index (χ4n) is 4.33. The number of aromatic nitrogens is 1. The molecule has 1 aliphatic heterocycles. The first kappa shape index (κ1) is 21.7. The van der Waals surface area contributed by atoms with Gasteiger partial charge in [-0.1, -0.05) is 23.8 Å². The van der Waals surface area contributed by atoms with Crippen molar-refractivity contribution < 1.29 is 23.8 Å². The fraction of sp³-hybridized carbons (Fsp3) is 0.308. The summed E-state index contributed by atoms with van der Waals surface area (Å²) in [5, 5.41) is 0. The first-order valence-corrected chi connectivity index (χ1v) is 10.6. The first-order chi connectivity index (χ1) is 15.2. The van der Waals surface area contributed by atoms with Gasteiger partial charge in [0.15, 0.2) is 18.1 Å². The number of ether oxygens (including phenoxy) is 3. The number of esters is 1. The molecule has 0 radical (unpaired) electrons. The van der Waals surface area contributed by atoms with E-state index in [1.165, 1.54) is 0 Å². The van der Waals surface area contributed by atoms with Crippen LogP contribution >= 0.6 is 0 Å². The molecule has 0 unspecified atom stereocenters. The molecule has 6 heteroatoms. The number of Topliss-reactive ketones (excluding diaryl/α,β-unsaturated/α-hetero) is 1. The quantitative estimate of drug-likeness (QED) is 0.411. The monoisotopic (exact) mass is 433 g/mol. The number of carbonyl (C=O) groups is 2. The molecule has 0 fully saturated rings. The molecule has 6 nitrogen and oxygen atoms in total. The van der Waals surface area contributed by atoms with Crippen LogP contribution in [-0.2, 0) is 11.3 Å². The zero-order chi connectivity index (χ0) is 23.0. The van der Waals surface area contributed by atoms with Crippen molar-refractivity contribution in [3.63, 3.8) is 0 Å². The van der Waals surface area contributed by atoms with Gasteiger partial charge in [0, 0.05) is 23.5 Å². The third-order valence-corrected chi connectivity index (χ3v) is 5.87. The van der Waals surface area contributed by atoms with E-state index in [0.717, 1.165) is 45.1 Å². The molecule has 0 aliphatic carbocycles. The Morgan fingerprint density at radius 2 is 1.62 bits per heavy atom. The average Bonchev–Trinajstić information content (AvgIpc) is 3.30. The maximum Gasteiger partial charge on any atom is 0.339 e. The van der Waals surface area contributed by atoms with Crippen LogP contribution in [0.25, 0.3) is 0 Å². The minimum absolute atomic E-state index is 0.217. The topological polar surface area (TPSA) is 66.8 Å². The molecule has 166 valence electrons. The van der Waals surface area contributed by atoms with Crippen molar-refractivity contribution in [1.29, 1.82) is 0 Å². The van der Waals surface area contributed by atoms with Crippen LogP contribution in [0.1, 0.15) is 54.4 Å². The van der Waals surface area contributed by atoms with E-state index in [1.54, 1.807) is 0 Å². The Kier molecular flexibility index (Phi) is 5.78. The van der Waals surface area contributed by atoms with Gasteiger partial charge in [0.05, 0.1) is 5.56 Å². The van der Waals surface area contributed by atoms with Gasteiger partial charge in [0.2, 0.25) is 12.6 Å². The third kappa shape index (κ3) is 4.13. The highest BCUT2D eigenvalue weighted by atomic mass is 16.7. The van der Waals surface area contributed by atoms with E-state index >= 15 is 0 Å². The minimum Gasteiger partial charge on any atom is -0.454 e. The van der Waals surface area contributed by atoms with E-state index in [9.17, 15) is 9.59 Å². The van der Waals surface area contributed by atoms with Crippen LogP contribution in [0.15, 0.2) is 36.4 Å². The molecule has 0 atom stereocenters. The Morgan fingerprint density at radius 1 is 0.938 bits per heavy atom. The van der Waals surface area contributed by atoms with Gasteiger partial charge in [0.25, 0.3) is 0 Å². The molecule has 0 N–H and O–H groups in total. The summed E-state index contributed by atoms with van der Waals surface area (Å²) >= 11 is 0. The summed E-state index contributed by atoms with van der Waals surface area (Å²) in [7, 11) is 0. The van der Waals surface area contributed by atoms with Gasteiger partial charge in [0.1, 0.15) is 0 Å². The largest absolute Gasteiger partial charge is 0.454 e. The second-order valence-electron chi connectivity index (χ2n) is 8.33. The number of hydrogen-bond donors (Lipinski definition) is 0. The van der Waals surface area contributed by atoms with Crippen molar-refractivity contribution in [3.05, 3.63) is 81.2 Å². The predicted molar refractivity (Wildman–Crippen MR) is 121 cm³/mol. The summed E-state index contributed by atoms with van der Waals surface area (Å²) in [6.07, 6.45) is 0. The SMILES string of the molecule is Cc1cc(C)c(C(=O)OCC(=O)c2cc(C)n(Cc3ccc4c(c3)OCO4)c2C)c(C)c1. The number of benzene rings is 2. The Labute approximate surface area is 187 Å². The van der Waals surface area contributed by atoms with Crippen LogP contribution in [-0.4, -0.2) is 29.7 Å². The smallest absolute Gasteiger partial charge is 0.339 e. The summed E-state index contributed by atoms with van der Waals surface area (Å²) in [6, 6.07) is 11.6. The summed E-state index contributed by atoms with van der Waals surface area (Å²) < 4.78 is 18.3. The van der Waals surface area contributed by atoms with Gasteiger partial charge in [-0.2, -0.15) is 0 Å². The molecular formula is C26H27NO5. The second-order valence-corrected chi connectivity index (χ2v) is 8.33. The summed E-state index contributed by atoms with van der Waals surface area (Å²) in [4.78, 5) is 25.5. The molecule has 32 heavy (non-hydrogen) atoms. The maximum absolute atomic E-state index is 12.9. The van der Waals surface area contributed by atoms with Gasteiger partial charge in [-0.15, -0.1) is 0 Å². The minimum atomic E-state index is -0.470. The van der Waals surface area contributed by atoms with Crippen LogP contribution < -0.4 is 9.47 Å². The van der Waals surface area contributed by atoms with Gasteiger partial charge in [-0.05, 0) is 69.5 Å². The Balaban J connectivity index is 1.47. The molecule has 1 aliphatic rings. The van der Waals surface area contributed by atoms with Gasteiger partial charge in [-0.3, -0.25) is 4.79 Å². The van der Waals surface area contributed by atoms with Crippen molar-refractivity contribution in [2.75, 3.05) is 13.4 Å². The molecule has 0 amide bonds. The number of rotatable bonds is 6. The number of fused-ring (bicyclic) bond motifs is 1. The number of aryl methyl sites for hydroxylation is 4. The van der Waals surface area contributed by atoms with Crippen molar-refractivity contribution in [2.45, 2.75) is 41.2 Å². The highest BCUT2D eigenvalue weighted by molar-refractivity contribution is 6.01. The molecule has 0 saturated carbocycles. The Morgan fingerprint density at radius 3 is 2.34 bits per heavy atom. The highest BCUT2D eigenvalue weighted by Gasteiger charge is 2.20. The van der Waals surface area contributed by atoms with Crippen LogP contribution in [0.2, 0.25) is 0 Å². The highest BCUT2D eigenvalue weighted by Crippen LogP contribution is 2.33. The summed E-state index contributed by atoms with van der Waals surface area (Å²) in [5.41, 5.74) is 6.71. The maximum atomic E-state index is 12.9. The first-order valence-electron chi connectivity index (χ1n) is 10.6. The average molecular weight is 434 g/mol. The summed E-state index contributed by atoms with van der Waals surface area (Å²) in [6.45, 7) is 10.1. The van der Waals surface area contributed by atoms with Gasteiger partial charge < -0.3 is 18.8 Å². The van der Waals surface area contributed by atoms with Crippen molar-refractivity contribution >= 4 is 11.8 Å². The zero-order valence-electron chi connectivity index (χ0n) is 19.1. The van der Waals surface area contributed by atoms with E-state index in [-0.39, 0.29) is 19.2 Å². The summed E-state index contributed by atoms with van der Waals surface area (Å²) in [5.74, 6) is 0.787. The molecule has 4 rings (SSSR count). The predicted octanol–water partition coefficient (Wildman–Crippen LogP) is 4.85. The van der Waals surface area contributed by atoms with E-state index in [2.05, 4.69) is 4.57 Å². The van der Waals surface area contributed by atoms with Crippen LogP contribution in [0.3, 0.4) is 0 Å². The molecular weight excluding hydrogens is 406 g/mol. The van der Waals surface area contributed by atoms with Crippen molar-refractivity contribution in [3.8, 4) is 11.5 Å². The standard InChI is InChI=1S/C26H27NO5/c1-15-8-16(2)25(17(3)9-15)26(29)30-13-22(28)21-10-18(4)27(19(21)5)12-20-6-7-23-24(11-20)32-14-31-23/h6-11H,12-14H2,1-5H3. The molecule has 0 spiro atoms. The fourth-order valence-corrected chi connectivity index (χ4v) is 4.33. The molecule has 0 bridgehead atoms. The molecule has 3 aromatic rings. The molecule has 0 saturated heterocycles. The zero-order valence-corrected chi connectivity index (χ0v) is 19.1. The second kappa shape index (κ2) is 8.54. The van der Waals surface area contributed by atoms with Gasteiger partial charge >= 0.3 is 5.97 Å². The van der Waals surface area contributed by atoms with E-state index in [0.29, 0.717) is 17.7 Å².